The topological polar surface area (TPSA) is 123 Å². The van der Waals surface area contributed by atoms with E-state index < -0.39 is 26.6 Å². The van der Waals surface area contributed by atoms with Gasteiger partial charge in [-0.2, -0.15) is 8.42 Å². The van der Waals surface area contributed by atoms with E-state index in [0.29, 0.717) is 39.8 Å². The number of benzene rings is 3. The van der Waals surface area contributed by atoms with Crippen molar-refractivity contribution < 1.29 is 36.3 Å². The molecule has 1 N–H and O–H groups in total. The van der Waals surface area contributed by atoms with E-state index in [2.05, 4.69) is 27.2 Å². The molecule has 1 aromatic heterocycles. The van der Waals surface area contributed by atoms with E-state index in [-0.39, 0.29) is 23.7 Å². The molecule has 236 valence electrons. The van der Waals surface area contributed by atoms with Gasteiger partial charge in [-0.05, 0) is 99.6 Å². The summed E-state index contributed by atoms with van der Waals surface area (Å²) in [6, 6.07) is 15.2. The standard InChI is InChI=1S/C31H31F2N5O6S/c1-37-13-11-21(12-14-37)18-43-30-9-3-22(15-26(30)32)28-17-31(35-19-34-28)36-23-4-6-24(7-5-23)38(44-20-39)45(40,41)25-8-10-29(42-2)27(33)16-25/h3-10,15-17,19-21H,11-14,18H2,1-2H3,(H,34,35,36). The second-order valence-corrected chi connectivity index (χ2v) is 12.1. The molecule has 0 spiro atoms. The Labute approximate surface area is 259 Å². The smallest absolute Gasteiger partial charge is 0.322 e. The lowest BCUT2D eigenvalue weighted by molar-refractivity contribution is -0.128. The Kier molecular flexibility index (Phi) is 9.74. The van der Waals surface area contributed by atoms with Crippen LogP contribution in [-0.4, -0.2) is 63.6 Å². The van der Waals surface area contributed by atoms with Crippen LogP contribution in [0.2, 0.25) is 0 Å². The number of nitrogens with one attached hydrogen (secondary N) is 1. The maximum atomic E-state index is 14.9. The van der Waals surface area contributed by atoms with Gasteiger partial charge in [0.05, 0.1) is 30.0 Å². The first-order valence-corrected chi connectivity index (χ1v) is 15.4. The lowest BCUT2D eigenvalue weighted by Gasteiger charge is -2.28. The van der Waals surface area contributed by atoms with Crippen LogP contribution < -0.4 is 19.3 Å². The Bertz CT molecular complexity index is 1750. The average Bonchev–Trinajstić information content (AvgIpc) is 3.04. The number of aromatic nitrogens is 2. The molecule has 0 amide bonds. The fraction of sp³-hybridized carbons (Fsp3) is 0.258. The van der Waals surface area contributed by atoms with Crippen LogP contribution in [0.3, 0.4) is 0 Å². The van der Waals surface area contributed by atoms with Crippen LogP contribution in [0.15, 0.2) is 78.0 Å². The van der Waals surface area contributed by atoms with Crippen molar-refractivity contribution >= 4 is 33.7 Å². The van der Waals surface area contributed by atoms with Gasteiger partial charge in [-0.15, -0.1) is 0 Å². The Morgan fingerprint density at radius 1 is 0.978 bits per heavy atom. The summed E-state index contributed by atoms with van der Waals surface area (Å²) in [5, 5.41) is 3.07. The van der Waals surface area contributed by atoms with E-state index >= 15 is 0 Å². The van der Waals surface area contributed by atoms with E-state index in [1.165, 1.54) is 43.8 Å². The van der Waals surface area contributed by atoms with Gasteiger partial charge in [0.25, 0.3) is 10.0 Å². The molecule has 0 atom stereocenters. The number of hydrogen-bond acceptors (Lipinski definition) is 10. The van der Waals surface area contributed by atoms with Gasteiger partial charge in [0.1, 0.15) is 12.1 Å². The normalized spacial score (nSPS) is 14.0. The number of rotatable bonds is 12. The highest BCUT2D eigenvalue weighted by Crippen LogP contribution is 2.30. The van der Waals surface area contributed by atoms with Crippen molar-refractivity contribution in [1.29, 1.82) is 0 Å². The molecule has 4 aromatic rings. The van der Waals surface area contributed by atoms with E-state index in [1.807, 2.05) is 0 Å². The summed E-state index contributed by atoms with van der Waals surface area (Å²) in [6.45, 7) is 2.43. The SMILES string of the molecule is COc1ccc(S(=O)(=O)N(OC=O)c2ccc(Nc3cc(-c4ccc(OCC5CCN(C)CC5)c(F)c4)ncn3)cc2)cc1F. The third-order valence-electron chi connectivity index (χ3n) is 7.34. The minimum absolute atomic E-state index is 0.0270. The van der Waals surface area contributed by atoms with Crippen LogP contribution in [0, 0.1) is 17.6 Å². The highest BCUT2D eigenvalue weighted by Gasteiger charge is 2.28. The Balaban J connectivity index is 1.27. The fourth-order valence-corrected chi connectivity index (χ4v) is 6.04. The third-order valence-corrected chi connectivity index (χ3v) is 8.92. The third kappa shape index (κ3) is 7.46. The van der Waals surface area contributed by atoms with Gasteiger partial charge in [0.15, 0.2) is 23.1 Å². The zero-order chi connectivity index (χ0) is 32.0. The number of hydrogen-bond donors (Lipinski definition) is 1. The second kappa shape index (κ2) is 13.9. The zero-order valence-electron chi connectivity index (χ0n) is 24.5. The molecule has 1 aliphatic heterocycles. The van der Waals surface area contributed by atoms with Crippen LogP contribution in [0.25, 0.3) is 11.3 Å². The average molecular weight is 640 g/mol. The van der Waals surface area contributed by atoms with Gasteiger partial charge in [-0.3, -0.25) is 4.79 Å². The van der Waals surface area contributed by atoms with Crippen molar-refractivity contribution in [3.05, 3.63) is 84.7 Å². The Morgan fingerprint density at radius 2 is 1.69 bits per heavy atom. The molecule has 11 nitrogen and oxygen atoms in total. The first-order chi connectivity index (χ1) is 21.7. The molecule has 1 aliphatic rings. The first-order valence-electron chi connectivity index (χ1n) is 14.0. The maximum absolute atomic E-state index is 14.9. The predicted octanol–water partition coefficient (Wildman–Crippen LogP) is 5.18. The van der Waals surface area contributed by atoms with Crippen LogP contribution in [0.1, 0.15) is 12.8 Å². The number of piperidine rings is 1. The summed E-state index contributed by atoms with van der Waals surface area (Å²) in [7, 11) is -1.15. The van der Waals surface area contributed by atoms with E-state index in [0.717, 1.165) is 44.1 Å². The fourth-order valence-electron chi connectivity index (χ4n) is 4.81. The summed E-state index contributed by atoms with van der Waals surface area (Å²) in [5.41, 5.74) is 1.47. The molecular formula is C31H31F2N5O6S. The Morgan fingerprint density at radius 3 is 2.36 bits per heavy atom. The zero-order valence-corrected chi connectivity index (χ0v) is 25.3. The molecule has 0 saturated carbocycles. The number of ether oxygens (including phenoxy) is 2. The first kappa shape index (κ1) is 31.6. The number of halogens is 2. The number of nitrogens with zero attached hydrogens (tertiary/aromatic N) is 4. The van der Waals surface area contributed by atoms with E-state index in [1.54, 1.807) is 18.2 Å². The molecule has 1 fully saturated rings. The quantitative estimate of drug-likeness (QED) is 0.164. The minimum Gasteiger partial charge on any atom is -0.494 e. The molecule has 1 saturated heterocycles. The van der Waals surface area contributed by atoms with E-state index in [9.17, 15) is 22.0 Å². The van der Waals surface area contributed by atoms with Crippen molar-refractivity contribution in [2.24, 2.45) is 5.92 Å². The van der Waals surface area contributed by atoms with Crippen molar-refractivity contribution in [2.45, 2.75) is 17.7 Å². The molecule has 14 heteroatoms. The number of methoxy groups -OCH3 is 1. The molecule has 3 aromatic carbocycles. The number of sulfonamides is 1. The van der Waals surface area contributed by atoms with Gasteiger partial charge in [-0.25, -0.2) is 18.7 Å². The number of likely N-dealkylation sites (tertiary alicyclic amines) is 1. The largest absolute Gasteiger partial charge is 0.494 e. The van der Waals surface area contributed by atoms with Crippen LogP contribution in [0.4, 0.5) is 26.0 Å². The van der Waals surface area contributed by atoms with Crippen molar-refractivity contribution in [3.8, 4) is 22.8 Å². The highest BCUT2D eigenvalue weighted by molar-refractivity contribution is 7.92. The number of carbonyl (C=O) groups is 1. The molecule has 2 heterocycles. The van der Waals surface area contributed by atoms with Gasteiger partial charge >= 0.3 is 6.47 Å². The lowest BCUT2D eigenvalue weighted by atomic mass is 9.98. The van der Waals surface area contributed by atoms with Gasteiger partial charge in [0.2, 0.25) is 0 Å². The van der Waals surface area contributed by atoms with E-state index in [4.69, 9.17) is 14.3 Å². The van der Waals surface area contributed by atoms with Gasteiger partial charge in [-0.1, -0.05) is 4.47 Å². The summed E-state index contributed by atoms with van der Waals surface area (Å²) < 4.78 is 66.4. The summed E-state index contributed by atoms with van der Waals surface area (Å²) in [4.78, 5) is 26.2. The molecule has 0 radical (unpaired) electrons. The van der Waals surface area contributed by atoms with Crippen molar-refractivity contribution in [2.75, 3.05) is 43.6 Å². The molecule has 0 aliphatic carbocycles. The molecule has 0 bridgehead atoms. The number of carbonyl (C=O) groups excluding carboxylic acids is 1. The molecule has 0 unspecified atom stereocenters. The summed E-state index contributed by atoms with van der Waals surface area (Å²) >= 11 is 0. The minimum atomic E-state index is -4.49. The highest BCUT2D eigenvalue weighted by atomic mass is 32.2. The second-order valence-electron chi connectivity index (χ2n) is 10.4. The van der Waals surface area contributed by atoms with Crippen LogP contribution in [0.5, 0.6) is 11.5 Å². The van der Waals surface area contributed by atoms with Gasteiger partial charge in [0, 0.05) is 17.3 Å². The van der Waals surface area contributed by atoms with Crippen molar-refractivity contribution in [3.63, 3.8) is 0 Å². The molecular weight excluding hydrogens is 608 g/mol. The lowest BCUT2D eigenvalue weighted by Crippen LogP contribution is -2.32. The molecule has 45 heavy (non-hydrogen) atoms. The van der Waals surface area contributed by atoms with Crippen molar-refractivity contribution in [1.82, 2.24) is 14.9 Å². The maximum Gasteiger partial charge on any atom is 0.322 e. The van der Waals surface area contributed by atoms with Crippen LogP contribution in [-0.2, 0) is 19.7 Å². The molecule has 5 rings (SSSR count). The van der Waals surface area contributed by atoms with Crippen LogP contribution >= 0.6 is 0 Å². The predicted molar refractivity (Wildman–Crippen MR) is 163 cm³/mol. The monoisotopic (exact) mass is 639 g/mol. The Hall–Kier alpha value is -4.82. The van der Waals surface area contributed by atoms with Gasteiger partial charge < -0.3 is 24.5 Å². The summed E-state index contributed by atoms with van der Waals surface area (Å²) in [6.07, 6.45) is 3.36. The number of anilines is 3. The summed E-state index contributed by atoms with van der Waals surface area (Å²) in [5.74, 6) is -0.556.